The Morgan fingerprint density at radius 3 is 1.75 bits per heavy atom. The largest absolute Gasteiger partial charge is 0.493 e. The van der Waals surface area contributed by atoms with Gasteiger partial charge in [0.25, 0.3) is 0 Å². The fourth-order valence-electron chi connectivity index (χ4n) is 3.59. The lowest BCUT2D eigenvalue weighted by Gasteiger charge is -1.93. The maximum Gasteiger partial charge on any atom is 0.122 e. The first-order valence-electron chi connectivity index (χ1n) is 9.69. The molecule has 3 aliphatic rings. The van der Waals surface area contributed by atoms with Gasteiger partial charge < -0.3 is 10.1 Å². The van der Waals surface area contributed by atoms with Gasteiger partial charge in [-0.3, -0.25) is 4.21 Å². The van der Waals surface area contributed by atoms with E-state index in [1.54, 1.807) is 0 Å². The summed E-state index contributed by atoms with van der Waals surface area (Å²) in [7, 11) is -0.619. The van der Waals surface area contributed by atoms with Crippen molar-refractivity contribution in [2.24, 2.45) is 0 Å². The summed E-state index contributed by atoms with van der Waals surface area (Å²) in [6, 6.07) is 24.8. The molecule has 3 nitrogen and oxygen atoms in total. The van der Waals surface area contributed by atoms with Crippen molar-refractivity contribution in [3.63, 3.8) is 0 Å². The van der Waals surface area contributed by atoms with Crippen LogP contribution in [0.5, 0.6) is 5.75 Å². The third-order valence-electron chi connectivity index (χ3n) is 5.10. The zero-order valence-corrected chi connectivity index (χ0v) is 16.7. The molecular weight excluding hydrogens is 366 g/mol. The fraction of sp³-hybridized carbons (Fsp3) is 0.250. The average Bonchev–Trinajstić information content (AvgIpc) is 3.46. The second-order valence-electron chi connectivity index (χ2n) is 7.08. The van der Waals surface area contributed by atoms with Crippen LogP contribution in [0.2, 0.25) is 0 Å². The van der Waals surface area contributed by atoms with Crippen molar-refractivity contribution < 1.29 is 8.95 Å². The van der Waals surface area contributed by atoms with Crippen LogP contribution < -0.4 is 10.1 Å². The van der Waals surface area contributed by atoms with E-state index in [4.69, 9.17) is 4.74 Å². The van der Waals surface area contributed by atoms with E-state index in [1.807, 2.05) is 30.3 Å². The van der Waals surface area contributed by atoms with Crippen molar-refractivity contribution in [3.8, 4) is 5.75 Å². The molecule has 0 amide bonds. The van der Waals surface area contributed by atoms with Gasteiger partial charge in [-0.25, -0.2) is 0 Å². The Hall–Kier alpha value is -2.43. The van der Waals surface area contributed by atoms with Crippen LogP contribution in [0.15, 0.2) is 72.8 Å². The standard InChI is InChI=1S/C8H9N.C8H8OS.C8H8O/c1-2-4-8-6-9-5-7(8)3-1;9-10-5-7-3-1-2-4-8(7)6-10;1-2-4-8-7(3-1)5-6-9-8/h1-4,9H,5-6H2;1-4H,5-6H2;1-4H,5-6H2. The molecule has 0 fully saturated rings. The SMILES string of the molecule is O=S1Cc2ccccc2C1.c1ccc2c(c1)CCO2.c1ccc2c(c1)CNC2. The van der Waals surface area contributed by atoms with Crippen LogP contribution in [-0.4, -0.2) is 10.8 Å². The Morgan fingerprint density at radius 2 is 1.18 bits per heavy atom. The molecule has 3 aromatic carbocycles. The van der Waals surface area contributed by atoms with Crippen LogP contribution in [0.1, 0.15) is 27.8 Å². The van der Waals surface area contributed by atoms with E-state index in [1.165, 1.54) is 27.8 Å². The highest BCUT2D eigenvalue weighted by molar-refractivity contribution is 7.83. The number of benzene rings is 3. The maximum atomic E-state index is 11.0. The fourth-order valence-corrected chi connectivity index (χ4v) is 4.95. The molecule has 4 heteroatoms. The Bertz CT molecular complexity index is 848. The smallest absolute Gasteiger partial charge is 0.122 e. The highest BCUT2D eigenvalue weighted by atomic mass is 32.2. The monoisotopic (exact) mass is 391 g/mol. The molecular formula is C24H25NO2S. The van der Waals surface area contributed by atoms with Gasteiger partial charge in [0.05, 0.1) is 6.61 Å². The Kier molecular flexibility index (Phi) is 6.20. The molecule has 0 saturated carbocycles. The highest BCUT2D eigenvalue weighted by Crippen LogP contribution is 2.23. The van der Waals surface area contributed by atoms with Crippen LogP contribution in [-0.2, 0) is 41.8 Å². The van der Waals surface area contributed by atoms with Gasteiger partial charge in [-0.1, -0.05) is 66.7 Å². The molecule has 144 valence electrons. The first-order valence-corrected chi connectivity index (χ1v) is 11.2. The summed E-state index contributed by atoms with van der Waals surface area (Å²) in [6.45, 7) is 2.96. The number of hydrogen-bond donors (Lipinski definition) is 1. The number of nitrogens with one attached hydrogen (secondary N) is 1. The molecule has 6 rings (SSSR count). The number of para-hydroxylation sites is 1. The topological polar surface area (TPSA) is 38.3 Å². The highest BCUT2D eigenvalue weighted by Gasteiger charge is 2.15. The molecule has 0 saturated heterocycles. The summed E-state index contributed by atoms with van der Waals surface area (Å²) in [4.78, 5) is 0. The quantitative estimate of drug-likeness (QED) is 0.619. The molecule has 0 aliphatic carbocycles. The Morgan fingerprint density at radius 1 is 0.679 bits per heavy atom. The molecule has 3 heterocycles. The molecule has 3 aromatic rings. The lowest BCUT2D eigenvalue weighted by molar-refractivity contribution is 0.357. The van der Waals surface area contributed by atoms with E-state index >= 15 is 0 Å². The lowest BCUT2D eigenvalue weighted by atomic mass is 10.1. The molecule has 28 heavy (non-hydrogen) atoms. The average molecular weight is 392 g/mol. The van der Waals surface area contributed by atoms with E-state index < -0.39 is 10.8 Å². The number of fused-ring (bicyclic) bond motifs is 3. The summed E-state index contributed by atoms with van der Waals surface area (Å²) in [5.41, 5.74) is 6.79. The predicted octanol–water partition coefficient (Wildman–Crippen LogP) is 4.36. The second kappa shape index (κ2) is 9.18. The minimum absolute atomic E-state index is 0.619. The Balaban J connectivity index is 0.000000103. The van der Waals surface area contributed by atoms with Crippen LogP contribution >= 0.6 is 0 Å². The van der Waals surface area contributed by atoms with Gasteiger partial charge in [-0.2, -0.15) is 0 Å². The van der Waals surface area contributed by atoms with Gasteiger partial charge in [-0.05, 0) is 33.9 Å². The van der Waals surface area contributed by atoms with E-state index in [2.05, 4.69) is 47.8 Å². The van der Waals surface area contributed by atoms with Crippen LogP contribution in [0.4, 0.5) is 0 Å². The zero-order valence-electron chi connectivity index (χ0n) is 15.9. The van der Waals surface area contributed by atoms with Gasteiger partial charge >= 0.3 is 0 Å². The number of ether oxygens (including phenoxy) is 1. The van der Waals surface area contributed by atoms with Crippen molar-refractivity contribution in [1.82, 2.24) is 5.32 Å². The summed E-state index contributed by atoms with van der Waals surface area (Å²) in [5.74, 6) is 2.59. The van der Waals surface area contributed by atoms with Crippen LogP contribution in [0.25, 0.3) is 0 Å². The van der Waals surface area contributed by atoms with E-state index in [0.717, 1.165) is 43.4 Å². The predicted molar refractivity (Wildman–Crippen MR) is 115 cm³/mol. The lowest BCUT2D eigenvalue weighted by Crippen LogP contribution is -1.99. The number of rotatable bonds is 0. The third-order valence-corrected chi connectivity index (χ3v) is 6.37. The van der Waals surface area contributed by atoms with Crippen molar-refractivity contribution in [2.45, 2.75) is 31.0 Å². The second-order valence-corrected chi connectivity index (χ2v) is 8.53. The zero-order chi connectivity index (χ0) is 19.2. The molecule has 0 radical (unpaired) electrons. The van der Waals surface area contributed by atoms with Gasteiger partial charge in [0, 0.05) is 41.8 Å². The minimum Gasteiger partial charge on any atom is -0.493 e. The first kappa shape index (κ1) is 18.9. The van der Waals surface area contributed by atoms with E-state index in [9.17, 15) is 4.21 Å². The van der Waals surface area contributed by atoms with Crippen LogP contribution in [0, 0.1) is 0 Å². The third kappa shape index (κ3) is 4.70. The summed E-state index contributed by atoms with van der Waals surface area (Å²) in [6.07, 6.45) is 1.08. The normalized spacial score (nSPS) is 15.9. The molecule has 3 aliphatic heterocycles. The van der Waals surface area contributed by atoms with Gasteiger partial charge in [-0.15, -0.1) is 0 Å². The van der Waals surface area contributed by atoms with Gasteiger partial charge in [0.2, 0.25) is 0 Å². The molecule has 0 aromatic heterocycles. The summed E-state index contributed by atoms with van der Waals surface area (Å²) < 4.78 is 16.3. The van der Waals surface area contributed by atoms with E-state index in [0.29, 0.717) is 0 Å². The Labute approximate surface area is 169 Å². The molecule has 0 atom stereocenters. The van der Waals surface area contributed by atoms with Crippen molar-refractivity contribution >= 4 is 10.8 Å². The molecule has 0 bridgehead atoms. The van der Waals surface area contributed by atoms with Crippen molar-refractivity contribution in [1.29, 1.82) is 0 Å². The molecule has 1 N–H and O–H groups in total. The van der Waals surface area contributed by atoms with Gasteiger partial charge in [0.1, 0.15) is 5.75 Å². The summed E-state index contributed by atoms with van der Waals surface area (Å²) >= 11 is 0. The summed E-state index contributed by atoms with van der Waals surface area (Å²) in [5, 5.41) is 3.29. The first-order chi connectivity index (χ1) is 13.8. The molecule has 0 spiro atoms. The van der Waals surface area contributed by atoms with Crippen molar-refractivity contribution in [3.05, 3.63) is 101 Å². The molecule has 0 unspecified atom stereocenters. The van der Waals surface area contributed by atoms with Gasteiger partial charge in [0.15, 0.2) is 0 Å². The minimum atomic E-state index is -0.619. The van der Waals surface area contributed by atoms with E-state index in [-0.39, 0.29) is 0 Å². The maximum absolute atomic E-state index is 11.0. The van der Waals surface area contributed by atoms with Crippen molar-refractivity contribution in [2.75, 3.05) is 6.61 Å². The van der Waals surface area contributed by atoms with Crippen LogP contribution in [0.3, 0.4) is 0 Å². The number of hydrogen-bond acceptors (Lipinski definition) is 3.